The van der Waals surface area contributed by atoms with Crippen molar-refractivity contribution in [1.82, 2.24) is 0 Å². The van der Waals surface area contributed by atoms with E-state index in [0.717, 1.165) is 19.3 Å². The molecular weight excluding hydrogens is 148 g/mol. The van der Waals surface area contributed by atoms with Gasteiger partial charge in [0.05, 0.1) is 0 Å². The van der Waals surface area contributed by atoms with Gasteiger partial charge in [-0.25, -0.2) is 0 Å². The highest BCUT2D eigenvalue weighted by molar-refractivity contribution is 5.84. The summed E-state index contributed by atoms with van der Waals surface area (Å²) >= 11 is 0. The molecule has 0 amide bonds. The zero-order chi connectivity index (χ0) is 9.19. The number of carbonyl (C=O) groups excluding carboxylic acids is 1. The van der Waals surface area contributed by atoms with Crippen molar-refractivity contribution in [3.8, 4) is 0 Å². The van der Waals surface area contributed by atoms with Gasteiger partial charge in [0.15, 0.2) is 0 Å². The van der Waals surface area contributed by atoms with Crippen LogP contribution in [0.3, 0.4) is 0 Å². The van der Waals surface area contributed by atoms with Crippen molar-refractivity contribution in [2.24, 2.45) is 11.3 Å². The van der Waals surface area contributed by atoms with E-state index in [1.165, 1.54) is 12.8 Å². The maximum atomic E-state index is 11.8. The number of hydrogen-bond donors (Lipinski definition) is 0. The standard InChI is InChI=1S/C11H20O/c1-9(2)11(3)8-6-4-5-7-10(11)12/h9H,4-8H2,1-3H3. The molecule has 0 heterocycles. The number of rotatable bonds is 1. The molecule has 1 rings (SSSR count). The molecule has 0 radical (unpaired) electrons. The van der Waals surface area contributed by atoms with Crippen LogP contribution < -0.4 is 0 Å². The van der Waals surface area contributed by atoms with Crippen LogP contribution in [-0.2, 0) is 4.79 Å². The third-order valence-corrected chi connectivity index (χ3v) is 3.51. The maximum Gasteiger partial charge on any atom is 0.139 e. The van der Waals surface area contributed by atoms with Gasteiger partial charge in [-0.1, -0.05) is 33.6 Å². The summed E-state index contributed by atoms with van der Waals surface area (Å²) in [5.41, 5.74) is -0.0174. The summed E-state index contributed by atoms with van der Waals surface area (Å²) in [6.07, 6.45) is 5.51. The van der Waals surface area contributed by atoms with Gasteiger partial charge in [-0.3, -0.25) is 4.79 Å². The van der Waals surface area contributed by atoms with Crippen LogP contribution >= 0.6 is 0 Å². The van der Waals surface area contributed by atoms with Crippen LogP contribution in [0.4, 0.5) is 0 Å². The molecule has 1 saturated carbocycles. The van der Waals surface area contributed by atoms with Crippen molar-refractivity contribution >= 4 is 5.78 Å². The topological polar surface area (TPSA) is 17.1 Å². The van der Waals surface area contributed by atoms with Gasteiger partial charge in [0.1, 0.15) is 5.78 Å². The van der Waals surface area contributed by atoms with Crippen molar-refractivity contribution in [3.63, 3.8) is 0 Å². The van der Waals surface area contributed by atoms with E-state index in [0.29, 0.717) is 11.7 Å². The van der Waals surface area contributed by atoms with Crippen LogP contribution in [0.25, 0.3) is 0 Å². The molecule has 0 bridgehead atoms. The summed E-state index contributed by atoms with van der Waals surface area (Å²) in [7, 11) is 0. The average molecular weight is 168 g/mol. The summed E-state index contributed by atoms with van der Waals surface area (Å²) in [6.45, 7) is 6.48. The summed E-state index contributed by atoms with van der Waals surface area (Å²) < 4.78 is 0. The van der Waals surface area contributed by atoms with Crippen molar-refractivity contribution in [1.29, 1.82) is 0 Å². The lowest BCUT2D eigenvalue weighted by molar-refractivity contribution is -0.130. The van der Waals surface area contributed by atoms with Gasteiger partial charge in [-0.05, 0) is 18.8 Å². The Balaban J connectivity index is 2.76. The molecule has 1 heteroatoms. The van der Waals surface area contributed by atoms with E-state index >= 15 is 0 Å². The van der Waals surface area contributed by atoms with Crippen LogP contribution in [0.1, 0.15) is 52.9 Å². The Morgan fingerprint density at radius 2 is 1.92 bits per heavy atom. The van der Waals surface area contributed by atoms with Crippen LogP contribution in [-0.4, -0.2) is 5.78 Å². The highest BCUT2D eigenvalue weighted by atomic mass is 16.1. The van der Waals surface area contributed by atoms with Gasteiger partial charge >= 0.3 is 0 Å². The van der Waals surface area contributed by atoms with Gasteiger partial charge < -0.3 is 0 Å². The quantitative estimate of drug-likeness (QED) is 0.549. The normalized spacial score (nSPS) is 32.2. The zero-order valence-corrected chi connectivity index (χ0v) is 8.52. The van der Waals surface area contributed by atoms with Gasteiger partial charge in [-0.15, -0.1) is 0 Å². The fourth-order valence-corrected chi connectivity index (χ4v) is 1.99. The van der Waals surface area contributed by atoms with Crippen LogP contribution in [0, 0.1) is 11.3 Å². The molecule has 1 atom stereocenters. The van der Waals surface area contributed by atoms with E-state index in [9.17, 15) is 4.79 Å². The molecule has 1 fully saturated rings. The minimum absolute atomic E-state index is 0.0174. The first-order valence-electron chi connectivity index (χ1n) is 5.10. The highest BCUT2D eigenvalue weighted by Crippen LogP contribution is 2.37. The second-order valence-corrected chi connectivity index (χ2v) is 4.56. The molecule has 70 valence electrons. The van der Waals surface area contributed by atoms with Crippen molar-refractivity contribution in [2.45, 2.75) is 52.9 Å². The first-order valence-corrected chi connectivity index (χ1v) is 5.10. The molecule has 1 nitrogen and oxygen atoms in total. The maximum absolute atomic E-state index is 11.8. The Morgan fingerprint density at radius 3 is 2.50 bits per heavy atom. The summed E-state index contributed by atoms with van der Waals surface area (Å²) in [4.78, 5) is 11.8. The van der Waals surface area contributed by atoms with Gasteiger partial charge in [0, 0.05) is 11.8 Å². The largest absolute Gasteiger partial charge is 0.299 e. The molecule has 0 aromatic rings. The van der Waals surface area contributed by atoms with Crippen molar-refractivity contribution in [3.05, 3.63) is 0 Å². The Morgan fingerprint density at radius 1 is 1.25 bits per heavy atom. The average Bonchev–Trinajstić information content (AvgIpc) is 2.16. The first-order chi connectivity index (χ1) is 5.57. The lowest BCUT2D eigenvalue weighted by atomic mass is 9.72. The Kier molecular flexibility index (Phi) is 2.92. The molecule has 12 heavy (non-hydrogen) atoms. The third-order valence-electron chi connectivity index (χ3n) is 3.51. The minimum Gasteiger partial charge on any atom is -0.299 e. The van der Waals surface area contributed by atoms with Crippen LogP contribution in [0.15, 0.2) is 0 Å². The van der Waals surface area contributed by atoms with E-state index in [1.54, 1.807) is 0 Å². The predicted molar refractivity (Wildman–Crippen MR) is 51.0 cm³/mol. The molecular formula is C11H20O. The summed E-state index contributed by atoms with van der Waals surface area (Å²) in [6, 6.07) is 0. The van der Waals surface area contributed by atoms with Gasteiger partial charge in [0.2, 0.25) is 0 Å². The molecule has 1 aliphatic rings. The molecule has 0 N–H and O–H groups in total. The van der Waals surface area contributed by atoms with E-state index in [4.69, 9.17) is 0 Å². The monoisotopic (exact) mass is 168 g/mol. The summed E-state index contributed by atoms with van der Waals surface area (Å²) in [5.74, 6) is 0.998. The number of carbonyl (C=O) groups is 1. The third kappa shape index (κ3) is 1.70. The van der Waals surface area contributed by atoms with E-state index < -0.39 is 0 Å². The number of Topliss-reactive ketones (excluding diaryl/α,β-unsaturated/α-hetero) is 1. The fraction of sp³-hybridized carbons (Fsp3) is 0.909. The molecule has 1 unspecified atom stereocenters. The Hall–Kier alpha value is -0.330. The number of ketones is 1. The zero-order valence-electron chi connectivity index (χ0n) is 8.52. The van der Waals surface area contributed by atoms with Crippen molar-refractivity contribution in [2.75, 3.05) is 0 Å². The van der Waals surface area contributed by atoms with Crippen LogP contribution in [0.5, 0.6) is 0 Å². The minimum atomic E-state index is -0.0174. The molecule has 0 saturated heterocycles. The molecule has 0 aromatic carbocycles. The Bertz CT molecular complexity index is 172. The Labute approximate surface area is 75.5 Å². The van der Waals surface area contributed by atoms with Crippen LogP contribution in [0.2, 0.25) is 0 Å². The lowest BCUT2D eigenvalue weighted by Gasteiger charge is -2.30. The smallest absolute Gasteiger partial charge is 0.139 e. The fourth-order valence-electron chi connectivity index (χ4n) is 1.99. The molecule has 0 aromatic heterocycles. The molecule has 0 aliphatic heterocycles. The van der Waals surface area contributed by atoms with Gasteiger partial charge in [-0.2, -0.15) is 0 Å². The SMILES string of the molecule is CC(C)C1(C)CCCCCC1=O. The van der Waals surface area contributed by atoms with E-state index in [2.05, 4.69) is 20.8 Å². The van der Waals surface area contributed by atoms with Gasteiger partial charge in [0.25, 0.3) is 0 Å². The number of hydrogen-bond acceptors (Lipinski definition) is 1. The lowest BCUT2D eigenvalue weighted by Crippen LogP contribution is -2.32. The first kappa shape index (κ1) is 9.76. The second kappa shape index (κ2) is 3.59. The molecule has 0 spiro atoms. The van der Waals surface area contributed by atoms with Crippen molar-refractivity contribution < 1.29 is 4.79 Å². The second-order valence-electron chi connectivity index (χ2n) is 4.56. The van der Waals surface area contributed by atoms with E-state index in [1.807, 2.05) is 0 Å². The highest BCUT2D eigenvalue weighted by Gasteiger charge is 2.36. The van der Waals surface area contributed by atoms with E-state index in [-0.39, 0.29) is 5.41 Å². The summed E-state index contributed by atoms with van der Waals surface area (Å²) in [5, 5.41) is 0. The molecule has 1 aliphatic carbocycles. The predicted octanol–water partition coefficient (Wildman–Crippen LogP) is 3.18.